The first-order valence-corrected chi connectivity index (χ1v) is 7.13. The van der Waals surface area contributed by atoms with Gasteiger partial charge in [0.1, 0.15) is 5.78 Å². The van der Waals surface area contributed by atoms with E-state index in [-0.39, 0.29) is 47.1 Å². The third kappa shape index (κ3) is 1.41. The van der Waals surface area contributed by atoms with Crippen molar-refractivity contribution in [3.05, 3.63) is 0 Å². The predicted octanol–water partition coefficient (Wildman–Crippen LogP) is 1.62. The van der Waals surface area contributed by atoms with E-state index in [4.69, 9.17) is 0 Å². The van der Waals surface area contributed by atoms with E-state index in [1.165, 1.54) is 0 Å². The molecule has 0 aromatic rings. The Morgan fingerprint density at radius 1 is 1.33 bits per heavy atom. The fourth-order valence-electron chi connectivity index (χ4n) is 5.47. The molecule has 0 heterocycles. The summed E-state index contributed by atoms with van der Waals surface area (Å²) in [5, 5.41) is 19.9. The summed E-state index contributed by atoms with van der Waals surface area (Å²) in [7, 11) is 0. The van der Waals surface area contributed by atoms with Gasteiger partial charge < -0.3 is 10.2 Å². The van der Waals surface area contributed by atoms with Crippen LogP contribution in [0.5, 0.6) is 0 Å². The first-order chi connectivity index (χ1) is 8.30. The molecule has 0 bridgehead atoms. The van der Waals surface area contributed by atoms with Crippen LogP contribution in [-0.4, -0.2) is 28.7 Å². The molecule has 18 heavy (non-hydrogen) atoms. The minimum absolute atomic E-state index is 0.00363. The van der Waals surface area contributed by atoms with Gasteiger partial charge in [-0.3, -0.25) is 4.79 Å². The van der Waals surface area contributed by atoms with Crippen LogP contribution in [0.25, 0.3) is 0 Å². The maximum atomic E-state index is 12.4. The number of Topliss-reactive ketones (excluding diaryl/α,β-unsaturated/α-hetero) is 1. The standard InChI is InChI=1S/C15H24O3/c1-14(2)5-10-11-9(4-8(6-16)12(11)17)13(18)15(10,3)7-14/h8-11,13,16,18H,4-7H2,1-3H3/t8-,9-,10-,11-,13+,15+/m1/s1. The van der Waals surface area contributed by atoms with Gasteiger partial charge in [0.15, 0.2) is 0 Å². The second kappa shape index (κ2) is 3.57. The van der Waals surface area contributed by atoms with E-state index in [0.717, 1.165) is 12.8 Å². The maximum Gasteiger partial charge on any atom is 0.142 e. The lowest BCUT2D eigenvalue weighted by Crippen LogP contribution is -2.33. The van der Waals surface area contributed by atoms with E-state index >= 15 is 0 Å². The van der Waals surface area contributed by atoms with Gasteiger partial charge in [0, 0.05) is 11.8 Å². The first kappa shape index (κ1) is 12.6. The lowest BCUT2D eigenvalue weighted by Gasteiger charge is -2.32. The molecule has 0 radical (unpaired) electrons. The second-order valence-corrected chi connectivity index (χ2v) is 7.81. The van der Waals surface area contributed by atoms with Gasteiger partial charge in [0.05, 0.1) is 12.7 Å². The predicted molar refractivity (Wildman–Crippen MR) is 67.8 cm³/mol. The monoisotopic (exact) mass is 252 g/mol. The Morgan fingerprint density at radius 2 is 2.00 bits per heavy atom. The smallest absolute Gasteiger partial charge is 0.142 e. The SMILES string of the molecule is CC1(C)C[C@@H]2[C@@H]3C(=O)[C@@H](CO)C[C@H]3[C@H](O)[C@@]2(C)C1. The van der Waals surface area contributed by atoms with Crippen LogP contribution in [0.4, 0.5) is 0 Å². The molecule has 0 aliphatic heterocycles. The first-order valence-electron chi connectivity index (χ1n) is 7.13. The lowest BCUT2D eigenvalue weighted by atomic mass is 9.76. The van der Waals surface area contributed by atoms with Crippen molar-refractivity contribution in [3.8, 4) is 0 Å². The Balaban J connectivity index is 1.96. The number of rotatable bonds is 1. The highest BCUT2D eigenvalue weighted by molar-refractivity contribution is 5.87. The summed E-state index contributed by atoms with van der Waals surface area (Å²) in [6, 6.07) is 0. The number of carbonyl (C=O) groups excluding carboxylic acids is 1. The number of aliphatic hydroxyl groups is 2. The van der Waals surface area contributed by atoms with Gasteiger partial charge in [-0.1, -0.05) is 20.8 Å². The van der Waals surface area contributed by atoms with Gasteiger partial charge in [0.2, 0.25) is 0 Å². The fourth-order valence-corrected chi connectivity index (χ4v) is 5.47. The average molecular weight is 252 g/mol. The van der Waals surface area contributed by atoms with Crippen molar-refractivity contribution in [2.24, 2.45) is 34.5 Å². The molecule has 0 aromatic heterocycles. The molecule has 6 atom stereocenters. The number of hydrogen-bond acceptors (Lipinski definition) is 3. The van der Waals surface area contributed by atoms with E-state index in [9.17, 15) is 15.0 Å². The third-order valence-electron chi connectivity index (χ3n) is 5.96. The highest BCUT2D eigenvalue weighted by Gasteiger charge is 2.67. The zero-order chi connectivity index (χ0) is 13.3. The zero-order valence-corrected chi connectivity index (χ0v) is 11.5. The van der Waals surface area contributed by atoms with Crippen molar-refractivity contribution in [2.45, 2.75) is 46.1 Å². The molecule has 3 aliphatic carbocycles. The number of carbonyl (C=O) groups is 1. The van der Waals surface area contributed by atoms with Crippen LogP contribution in [0.3, 0.4) is 0 Å². The van der Waals surface area contributed by atoms with Gasteiger partial charge in [-0.05, 0) is 41.9 Å². The molecule has 102 valence electrons. The van der Waals surface area contributed by atoms with Gasteiger partial charge in [-0.2, -0.15) is 0 Å². The van der Waals surface area contributed by atoms with Crippen LogP contribution in [-0.2, 0) is 4.79 Å². The molecular weight excluding hydrogens is 228 g/mol. The fraction of sp³-hybridized carbons (Fsp3) is 0.933. The number of hydrogen-bond donors (Lipinski definition) is 2. The molecule has 3 aliphatic rings. The van der Waals surface area contributed by atoms with Crippen LogP contribution in [0, 0.1) is 34.5 Å². The highest BCUT2D eigenvalue weighted by atomic mass is 16.3. The Labute approximate surface area is 109 Å². The Bertz CT molecular complexity index is 389. The summed E-state index contributed by atoms with van der Waals surface area (Å²) < 4.78 is 0. The molecular formula is C15H24O3. The van der Waals surface area contributed by atoms with Crippen LogP contribution in [0.2, 0.25) is 0 Å². The minimum atomic E-state index is -0.366. The second-order valence-electron chi connectivity index (χ2n) is 7.81. The molecule has 3 rings (SSSR count). The van der Waals surface area contributed by atoms with Crippen molar-refractivity contribution < 1.29 is 15.0 Å². The van der Waals surface area contributed by atoms with Crippen molar-refractivity contribution in [1.82, 2.24) is 0 Å². The molecule has 3 fully saturated rings. The van der Waals surface area contributed by atoms with Crippen LogP contribution in [0.15, 0.2) is 0 Å². The van der Waals surface area contributed by atoms with Gasteiger partial charge >= 0.3 is 0 Å². The average Bonchev–Trinajstić information content (AvgIpc) is 2.78. The molecule has 2 N–H and O–H groups in total. The van der Waals surface area contributed by atoms with E-state index in [0.29, 0.717) is 12.3 Å². The summed E-state index contributed by atoms with van der Waals surface area (Å²) in [6.07, 6.45) is 2.37. The molecule has 3 heteroatoms. The molecule has 3 nitrogen and oxygen atoms in total. The van der Waals surface area contributed by atoms with Crippen molar-refractivity contribution in [3.63, 3.8) is 0 Å². The molecule has 0 aromatic carbocycles. The molecule has 0 saturated heterocycles. The summed E-state index contributed by atoms with van der Waals surface area (Å²) in [6.45, 7) is 6.59. The summed E-state index contributed by atoms with van der Waals surface area (Å²) >= 11 is 0. The summed E-state index contributed by atoms with van der Waals surface area (Å²) in [4.78, 5) is 12.4. The van der Waals surface area contributed by atoms with Gasteiger partial charge in [0.25, 0.3) is 0 Å². The molecule has 0 spiro atoms. The highest BCUT2D eigenvalue weighted by Crippen LogP contribution is 2.67. The third-order valence-corrected chi connectivity index (χ3v) is 5.96. The van der Waals surface area contributed by atoms with Crippen molar-refractivity contribution >= 4 is 5.78 Å². The quantitative estimate of drug-likeness (QED) is 0.745. The maximum absolute atomic E-state index is 12.4. The van der Waals surface area contributed by atoms with E-state index in [1.54, 1.807) is 0 Å². The summed E-state index contributed by atoms with van der Waals surface area (Å²) in [5.74, 6) is 0.414. The summed E-state index contributed by atoms with van der Waals surface area (Å²) in [5.41, 5.74) is 0.137. The minimum Gasteiger partial charge on any atom is -0.396 e. The van der Waals surface area contributed by atoms with Crippen LogP contribution >= 0.6 is 0 Å². The van der Waals surface area contributed by atoms with Gasteiger partial charge in [-0.25, -0.2) is 0 Å². The molecule has 3 saturated carbocycles. The number of aliphatic hydroxyl groups excluding tert-OH is 2. The molecule has 0 unspecified atom stereocenters. The zero-order valence-electron chi connectivity index (χ0n) is 11.5. The Kier molecular flexibility index (Phi) is 2.50. The Morgan fingerprint density at radius 3 is 2.61 bits per heavy atom. The van der Waals surface area contributed by atoms with E-state index < -0.39 is 0 Å². The van der Waals surface area contributed by atoms with E-state index in [2.05, 4.69) is 20.8 Å². The van der Waals surface area contributed by atoms with E-state index in [1.807, 2.05) is 0 Å². The molecule has 0 amide bonds. The lowest BCUT2D eigenvalue weighted by molar-refractivity contribution is -0.126. The topological polar surface area (TPSA) is 57.5 Å². The normalized spacial score (nSPS) is 53.6. The van der Waals surface area contributed by atoms with Crippen LogP contribution in [0.1, 0.15) is 40.0 Å². The number of fused-ring (bicyclic) bond motifs is 3. The largest absolute Gasteiger partial charge is 0.396 e. The van der Waals surface area contributed by atoms with Crippen LogP contribution < -0.4 is 0 Å². The Hall–Kier alpha value is -0.410. The van der Waals surface area contributed by atoms with Crippen molar-refractivity contribution in [2.75, 3.05) is 6.61 Å². The van der Waals surface area contributed by atoms with Gasteiger partial charge in [-0.15, -0.1) is 0 Å². The number of ketones is 1. The van der Waals surface area contributed by atoms with Crippen molar-refractivity contribution in [1.29, 1.82) is 0 Å².